The average Bonchev–Trinajstić information content (AvgIpc) is 2.54. The number of carboxylic acids is 1. The molecule has 1 unspecified atom stereocenters. The summed E-state index contributed by atoms with van der Waals surface area (Å²) in [6.07, 6.45) is 0.0896. The molecule has 1 atom stereocenters. The number of rotatable bonds is 9. The van der Waals surface area contributed by atoms with Crippen molar-refractivity contribution in [3.63, 3.8) is 0 Å². The standard InChI is InChI=1S/C15H21NO7S/c1-11(15(18)19)10-16(2)24(20,21)13-6-4-12(5-7-13)23-9-8-14(17)22-3/h4-7,11H,8-10H2,1-3H3,(H,18,19). The average molecular weight is 359 g/mol. The maximum atomic E-state index is 12.4. The minimum atomic E-state index is -3.78. The van der Waals surface area contributed by atoms with Crippen molar-refractivity contribution in [2.75, 3.05) is 27.3 Å². The van der Waals surface area contributed by atoms with Crippen LogP contribution < -0.4 is 4.74 Å². The third-order valence-corrected chi connectivity index (χ3v) is 5.12. The smallest absolute Gasteiger partial charge is 0.308 e. The van der Waals surface area contributed by atoms with Crippen LogP contribution in [-0.2, 0) is 24.3 Å². The molecule has 24 heavy (non-hydrogen) atoms. The van der Waals surface area contributed by atoms with Crippen LogP contribution in [0.1, 0.15) is 13.3 Å². The van der Waals surface area contributed by atoms with Gasteiger partial charge in [-0.2, -0.15) is 0 Å². The molecule has 1 rings (SSSR count). The molecule has 1 aromatic carbocycles. The Bertz CT molecular complexity index is 670. The molecule has 0 saturated carbocycles. The molecule has 0 aliphatic rings. The number of hydrogen-bond donors (Lipinski definition) is 1. The summed E-state index contributed by atoms with van der Waals surface area (Å²) in [6, 6.07) is 5.67. The molecule has 0 amide bonds. The third-order valence-electron chi connectivity index (χ3n) is 3.29. The van der Waals surface area contributed by atoms with E-state index in [1.165, 1.54) is 45.3 Å². The van der Waals surface area contributed by atoms with E-state index in [4.69, 9.17) is 9.84 Å². The Morgan fingerprint density at radius 1 is 1.25 bits per heavy atom. The molecule has 0 fully saturated rings. The van der Waals surface area contributed by atoms with E-state index >= 15 is 0 Å². The molecule has 0 radical (unpaired) electrons. The summed E-state index contributed by atoms with van der Waals surface area (Å²) in [5.41, 5.74) is 0. The van der Waals surface area contributed by atoms with Crippen LogP contribution in [-0.4, -0.2) is 57.1 Å². The van der Waals surface area contributed by atoms with Gasteiger partial charge in [0.05, 0.1) is 31.0 Å². The van der Waals surface area contributed by atoms with E-state index in [0.717, 1.165) is 4.31 Å². The lowest BCUT2D eigenvalue weighted by Gasteiger charge is -2.19. The van der Waals surface area contributed by atoms with Gasteiger partial charge in [0.25, 0.3) is 0 Å². The predicted octanol–water partition coefficient (Wildman–Crippen LogP) is 0.970. The van der Waals surface area contributed by atoms with E-state index in [1.54, 1.807) is 0 Å². The second-order valence-electron chi connectivity index (χ2n) is 5.17. The van der Waals surface area contributed by atoms with Crippen molar-refractivity contribution < 1.29 is 32.6 Å². The fraction of sp³-hybridized carbons (Fsp3) is 0.467. The lowest BCUT2D eigenvalue weighted by molar-refractivity contribution is -0.142. The molecule has 0 aliphatic carbocycles. The Balaban J connectivity index is 2.72. The summed E-state index contributed by atoms with van der Waals surface area (Å²) in [6.45, 7) is 1.43. The van der Waals surface area contributed by atoms with Crippen LogP contribution in [0.4, 0.5) is 0 Å². The number of carboxylic acid groups (broad SMARTS) is 1. The van der Waals surface area contributed by atoms with Crippen LogP contribution in [0.3, 0.4) is 0 Å². The van der Waals surface area contributed by atoms with Gasteiger partial charge >= 0.3 is 11.9 Å². The Kier molecular flexibility index (Phi) is 7.18. The van der Waals surface area contributed by atoms with Crippen molar-refractivity contribution in [2.24, 2.45) is 5.92 Å². The van der Waals surface area contributed by atoms with E-state index in [0.29, 0.717) is 5.75 Å². The molecule has 0 aromatic heterocycles. The van der Waals surface area contributed by atoms with Gasteiger partial charge in [0.15, 0.2) is 0 Å². The topological polar surface area (TPSA) is 110 Å². The minimum Gasteiger partial charge on any atom is -0.493 e. The van der Waals surface area contributed by atoms with Crippen molar-refractivity contribution in [1.29, 1.82) is 0 Å². The highest BCUT2D eigenvalue weighted by Crippen LogP contribution is 2.19. The predicted molar refractivity (Wildman–Crippen MR) is 85.2 cm³/mol. The zero-order valence-corrected chi connectivity index (χ0v) is 14.6. The number of hydrogen-bond acceptors (Lipinski definition) is 6. The zero-order valence-electron chi connectivity index (χ0n) is 13.8. The zero-order chi connectivity index (χ0) is 18.3. The number of benzene rings is 1. The molecule has 1 aromatic rings. The van der Waals surface area contributed by atoms with Gasteiger partial charge in [0.2, 0.25) is 10.0 Å². The Morgan fingerprint density at radius 3 is 2.33 bits per heavy atom. The first kappa shape index (κ1) is 19.9. The summed E-state index contributed by atoms with van der Waals surface area (Å²) >= 11 is 0. The number of carbonyl (C=O) groups excluding carboxylic acids is 1. The maximum absolute atomic E-state index is 12.4. The second kappa shape index (κ2) is 8.65. The summed E-state index contributed by atoms with van der Waals surface area (Å²) in [5, 5.41) is 8.87. The fourth-order valence-electron chi connectivity index (χ4n) is 1.80. The Hall–Kier alpha value is -2.13. The quantitative estimate of drug-likeness (QED) is 0.654. The first-order valence-corrected chi connectivity index (χ1v) is 8.61. The van der Waals surface area contributed by atoms with E-state index in [2.05, 4.69) is 4.74 Å². The van der Waals surface area contributed by atoms with Crippen molar-refractivity contribution in [3.8, 4) is 5.75 Å². The second-order valence-corrected chi connectivity index (χ2v) is 7.22. The van der Waals surface area contributed by atoms with E-state index < -0.39 is 27.9 Å². The molecule has 9 heteroatoms. The highest BCUT2D eigenvalue weighted by atomic mass is 32.2. The lowest BCUT2D eigenvalue weighted by atomic mass is 10.2. The number of ether oxygens (including phenoxy) is 2. The van der Waals surface area contributed by atoms with E-state index in [1.807, 2.05) is 0 Å². The number of carbonyl (C=O) groups is 2. The van der Waals surface area contributed by atoms with Gasteiger partial charge < -0.3 is 14.6 Å². The van der Waals surface area contributed by atoms with Gasteiger partial charge in [0, 0.05) is 13.6 Å². The van der Waals surface area contributed by atoms with Crippen molar-refractivity contribution in [2.45, 2.75) is 18.2 Å². The molecule has 0 bridgehead atoms. The highest BCUT2D eigenvalue weighted by Gasteiger charge is 2.24. The van der Waals surface area contributed by atoms with Gasteiger partial charge in [-0.25, -0.2) is 12.7 Å². The largest absolute Gasteiger partial charge is 0.493 e. The molecular weight excluding hydrogens is 338 g/mol. The molecule has 8 nitrogen and oxygen atoms in total. The van der Waals surface area contributed by atoms with E-state index in [9.17, 15) is 18.0 Å². The first-order chi connectivity index (χ1) is 11.2. The number of aliphatic carboxylic acids is 1. The molecule has 1 N–H and O–H groups in total. The van der Waals surface area contributed by atoms with Crippen molar-refractivity contribution in [3.05, 3.63) is 24.3 Å². The third kappa shape index (κ3) is 5.50. The Labute approximate surface area is 141 Å². The summed E-state index contributed by atoms with van der Waals surface area (Å²) in [4.78, 5) is 21.8. The highest BCUT2D eigenvalue weighted by molar-refractivity contribution is 7.89. The fourth-order valence-corrected chi connectivity index (χ4v) is 3.06. The summed E-state index contributed by atoms with van der Waals surface area (Å²) in [5.74, 6) is -1.86. The summed E-state index contributed by atoms with van der Waals surface area (Å²) in [7, 11) is -1.17. The monoisotopic (exact) mass is 359 g/mol. The van der Waals surface area contributed by atoms with Crippen LogP contribution in [0.5, 0.6) is 5.75 Å². The molecule has 0 saturated heterocycles. The SMILES string of the molecule is COC(=O)CCOc1ccc(S(=O)(=O)N(C)CC(C)C(=O)O)cc1. The molecular formula is C15H21NO7S. The lowest BCUT2D eigenvalue weighted by Crippen LogP contribution is -2.33. The first-order valence-electron chi connectivity index (χ1n) is 7.17. The molecule has 0 spiro atoms. The molecule has 0 aliphatic heterocycles. The summed E-state index contributed by atoms with van der Waals surface area (Å²) < 4.78 is 35.5. The van der Waals surface area contributed by atoms with Gasteiger partial charge in [0.1, 0.15) is 5.75 Å². The Morgan fingerprint density at radius 2 is 1.83 bits per heavy atom. The molecule has 134 valence electrons. The maximum Gasteiger partial charge on any atom is 0.308 e. The van der Waals surface area contributed by atoms with Gasteiger partial charge in [-0.3, -0.25) is 9.59 Å². The van der Waals surface area contributed by atoms with E-state index in [-0.39, 0.29) is 24.5 Å². The van der Waals surface area contributed by atoms with Crippen LogP contribution in [0.15, 0.2) is 29.2 Å². The van der Waals surface area contributed by atoms with Gasteiger partial charge in [-0.05, 0) is 24.3 Å². The minimum absolute atomic E-state index is 0.0305. The van der Waals surface area contributed by atoms with Crippen molar-refractivity contribution in [1.82, 2.24) is 4.31 Å². The number of nitrogens with zero attached hydrogens (tertiary/aromatic N) is 1. The van der Waals surface area contributed by atoms with Crippen LogP contribution in [0, 0.1) is 5.92 Å². The number of methoxy groups -OCH3 is 1. The van der Waals surface area contributed by atoms with Crippen LogP contribution in [0.25, 0.3) is 0 Å². The normalized spacial score (nSPS) is 12.7. The number of sulfonamides is 1. The van der Waals surface area contributed by atoms with Crippen LogP contribution in [0.2, 0.25) is 0 Å². The number of esters is 1. The van der Waals surface area contributed by atoms with Crippen LogP contribution >= 0.6 is 0 Å². The molecule has 0 heterocycles. The van der Waals surface area contributed by atoms with Gasteiger partial charge in [-0.1, -0.05) is 6.92 Å². The van der Waals surface area contributed by atoms with Gasteiger partial charge in [-0.15, -0.1) is 0 Å². The van der Waals surface area contributed by atoms with Crippen molar-refractivity contribution >= 4 is 22.0 Å².